The van der Waals surface area contributed by atoms with E-state index in [0.29, 0.717) is 19.6 Å². The topological polar surface area (TPSA) is 54.3 Å². The number of nitrogens with zero attached hydrogens (tertiary/aromatic N) is 1. The van der Waals surface area contributed by atoms with Crippen LogP contribution in [0.5, 0.6) is 11.5 Å². The van der Waals surface area contributed by atoms with Crippen molar-refractivity contribution in [1.82, 2.24) is 5.32 Å². The van der Waals surface area contributed by atoms with E-state index in [0.717, 1.165) is 11.5 Å². The number of nitrogens with one attached hydrogen (secondary N) is 1. The average Bonchev–Trinajstić information content (AvgIpc) is 2.37. The van der Waals surface area contributed by atoms with Crippen molar-refractivity contribution in [2.45, 2.75) is 19.4 Å². The second-order valence-corrected chi connectivity index (χ2v) is 3.49. The lowest BCUT2D eigenvalue weighted by Crippen LogP contribution is -2.25. The minimum atomic E-state index is -0.172. The highest BCUT2D eigenvalue weighted by atomic mass is 16.5. The highest BCUT2D eigenvalue weighted by molar-refractivity contribution is 5.39. The lowest BCUT2D eigenvalue weighted by molar-refractivity contribution is 0.268. The summed E-state index contributed by atoms with van der Waals surface area (Å²) < 4.78 is 11.0. The van der Waals surface area contributed by atoms with Gasteiger partial charge < -0.3 is 14.8 Å². The molecular formula is C13H18N2O2. The zero-order chi connectivity index (χ0) is 12.5. The minimum Gasteiger partial charge on any atom is -0.490 e. The maximum Gasteiger partial charge on any atom is 0.161 e. The van der Waals surface area contributed by atoms with E-state index >= 15 is 0 Å². The predicted molar refractivity (Wildman–Crippen MR) is 66.2 cm³/mol. The molecule has 1 unspecified atom stereocenters. The van der Waals surface area contributed by atoms with Crippen LogP contribution in [0.25, 0.3) is 0 Å². The molecule has 0 radical (unpaired) electrons. The molecule has 0 spiro atoms. The van der Waals surface area contributed by atoms with E-state index in [9.17, 15) is 0 Å². The first-order chi connectivity index (χ1) is 8.31. The summed E-state index contributed by atoms with van der Waals surface area (Å²) in [5.41, 5.74) is 0. The molecule has 0 aliphatic heterocycles. The third-order valence-electron chi connectivity index (χ3n) is 2.32. The van der Waals surface area contributed by atoms with E-state index < -0.39 is 0 Å². The van der Waals surface area contributed by atoms with Gasteiger partial charge in [-0.05, 0) is 26.1 Å². The summed E-state index contributed by atoms with van der Waals surface area (Å²) in [5, 5.41) is 11.7. The van der Waals surface area contributed by atoms with Crippen LogP contribution in [0.15, 0.2) is 24.3 Å². The molecule has 17 heavy (non-hydrogen) atoms. The Hall–Kier alpha value is -1.73. The molecule has 0 saturated heterocycles. The zero-order valence-corrected chi connectivity index (χ0v) is 10.3. The van der Waals surface area contributed by atoms with Gasteiger partial charge in [0.2, 0.25) is 0 Å². The van der Waals surface area contributed by atoms with Gasteiger partial charge in [0.25, 0.3) is 0 Å². The zero-order valence-electron chi connectivity index (χ0n) is 10.3. The molecule has 0 heterocycles. The molecule has 1 N–H and O–H groups in total. The molecule has 1 aromatic carbocycles. The fraction of sp³-hybridized carbons (Fsp3) is 0.462. The van der Waals surface area contributed by atoms with Crippen molar-refractivity contribution in [3.05, 3.63) is 24.3 Å². The van der Waals surface area contributed by atoms with Crippen LogP contribution in [0.2, 0.25) is 0 Å². The van der Waals surface area contributed by atoms with Crippen molar-refractivity contribution >= 4 is 0 Å². The van der Waals surface area contributed by atoms with Crippen LogP contribution < -0.4 is 14.8 Å². The van der Waals surface area contributed by atoms with Crippen molar-refractivity contribution in [3.8, 4) is 17.6 Å². The Morgan fingerprint density at radius 3 is 2.47 bits per heavy atom. The molecule has 0 fully saturated rings. The summed E-state index contributed by atoms with van der Waals surface area (Å²) in [5.74, 6) is 1.47. The fourth-order valence-electron chi connectivity index (χ4n) is 1.40. The van der Waals surface area contributed by atoms with Crippen molar-refractivity contribution in [1.29, 1.82) is 5.26 Å². The SMILES string of the molecule is CCOc1ccccc1OCCC(C#N)NC. The van der Waals surface area contributed by atoms with Gasteiger partial charge in [-0.3, -0.25) is 0 Å². The minimum absolute atomic E-state index is 0.172. The van der Waals surface area contributed by atoms with Gasteiger partial charge in [-0.15, -0.1) is 0 Å². The maximum atomic E-state index is 8.77. The van der Waals surface area contributed by atoms with Crippen LogP contribution in [-0.4, -0.2) is 26.3 Å². The smallest absolute Gasteiger partial charge is 0.161 e. The number of nitriles is 1. The molecule has 0 saturated carbocycles. The number of ether oxygens (including phenoxy) is 2. The van der Waals surface area contributed by atoms with Gasteiger partial charge >= 0.3 is 0 Å². The molecule has 0 amide bonds. The van der Waals surface area contributed by atoms with Crippen molar-refractivity contribution in [2.24, 2.45) is 0 Å². The number of benzene rings is 1. The third kappa shape index (κ3) is 4.33. The number of rotatable bonds is 7. The first-order valence-corrected chi connectivity index (χ1v) is 5.73. The van der Waals surface area contributed by atoms with Gasteiger partial charge in [-0.1, -0.05) is 12.1 Å². The van der Waals surface area contributed by atoms with Gasteiger partial charge in [0.05, 0.1) is 25.3 Å². The normalized spacial score (nSPS) is 11.6. The number of hydrogen-bond acceptors (Lipinski definition) is 4. The Morgan fingerprint density at radius 1 is 1.29 bits per heavy atom. The fourth-order valence-corrected chi connectivity index (χ4v) is 1.40. The average molecular weight is 234 g/mol. The standard InChI is InChI=1S/C13H18N2O2/c1-3-16-12-6-4-5-7-13(12)17-9-8-11(10-14)15-2/h4-7,11,15H,3,8-9H2,1-2H3. The molecule has 0 aromatic heterocycles. The third-order valence-corrected chi connectivity index (χ3v) is 2.32. The Labute approximate surface area is 102 Å². The Kier molecular flexibility index (Phi) is 5.91. The summed E-state index contributed by atoms with van der Waals surface area (Å²) >= 11 is 0. The van der Waals surface area contributed by atoms with Crippen LogP contribution >= 0.6 is 0 Å². The summed E-state index contributed by atoms with van der Waals surface area (Å²) in [4.78, 5) is 0. The molecule has 92 valence electrons. The van der Waals surface area contributed by atoms with Gasteiger partial charge in [0.15, 0.2) is 11.5 Å². The first-order valence-electron chi connectivity index (χ1n) is 5.73. The summed E-state index contributed by atoms with van der Waals surface area (Å²) in [7, 11) is 1.77. The van der Waals surface area contributed by atoms with Crippen molar-refractivity contribution in [3.63, 3.8) is 0 Å². The largest absolute Gasteiger partial charge is 0.490 e. The van der Waals surface area contributed by atoms with Crippen LogP contribution in [0.1, 0.15) is 13.3 Å². The number of hydrogen-bond donors (Lipinski definition) is 1. The van der Waals surface area contributed by atoms with Gasteiger partial charge in [-0.25, -0.2) is 0 Å². The molecule has 1 aromatic rings. The van der Waals surface area contributed by atoms with Crippen LogP contribution in [-0.2, 0) is 0 Å². The molecule has 4 nitrogen and oxygen atoms in total. The maximum absolute atomic E-state index is 8.77. The van der Waals surface area contributed by atoms with Gasteiger partial charge in [-0.2, -0.15) is 5.26 Å². The summed E-state index contributed by atoms with van der Waals surface area (Å²) in [6.45, 7) is 3.03. The van der Waals surface area contributed by atoms with Crippen molar-refractivity contribution < 1.29 is 9.47 Å². The lowest BCUT2D eigenvalue weighted by Gasteiger charge is -2.12. The molecule has 4 heteroatoms. The molecule has 0 aliphatic rings. The second kappa shape index (κ2) is 7.53. The van der Waals surface area contributed by atoms with E-state index in [2.05, 4.69) is 11.4 Å². The Morgan fingerprint density at radius 2 is 1.94 bits per heavy atom. The highest BCUT2D eigenvalue weighted by Gasteiger charge is 2.06. The first kappa shape index (κ1) is 13.3. The molecule has 0 bridgehead atoms. The molecule has 1 atom stereocenters. The summed E-state index contributed by atoms with van der Waals surface area (Å²) in [6, 6.07) is 9.53. The monoisotopic (exact) mass is 234 g/mol. The van der Waals surface area contributed by atoms with Gasteiger partial charge in [0.1, 0.15) is 0 Å². The number of para-hydroxylation sites is 2. The Balaban J connectivity index is 2.48. The molecule has 0 aliphatic carbocycles. The predicted octanol–water partition coefficient (Wildman–Crippen LogP) is 1.97. The molecule has 1 rings (SSSR count). The van der Waals surface area contributed by atoms with E-state index in [1.165, 1.54) is 0 Å². The van der Waals surface area contributed by atoms with Gasteiger partial charge in [0, 0.05) is 6.42 Å². The van der Waals surface area contributed by atoms with Crippen LogP contribution in [0.3, 0.4) is 0 Å². The highest BCUT2D eigenvalue weighted by Crippen LogP contribution is 2.26. The summed E-state index contributed by atoms with van der Waals surface area (Å²) in [6.07, 6.45) is 0.646. The van der Waals surface area contributed by atoms with Crippen LogP contribution in [0.4, 0.5) is 0 Å². The lowest BCUT2D eigenvalue weighted by atomic mass is 10.2. The van der Waals surface area contributed by atoms with Crippen LogP contribution in [0, 0.1) is 11.3 Å². The van der Waals surface area contributed by atoms with E-state index in [1.54, 1.807) is 7.05 Å². The van der Waals surface area contributed by atoms with Crippen molar-refractivity contribution in [2.75, 3.05) is 20.3 Å². The van der Waals surface area contributed by atoms with E-state index in [-0.39, 0.29) is 6.04 Å². The van der Waals surface area contributed by atoms with E-state index in [4.69, 9.17) is 14.7 Å². The Bertz CT molecular complexity index is 374. The quantitative estimate of drug-likeness (QED) is 0.783. The second-order valence-electron chi connectivity index (χ2n) is 3.49. The van der Waals surface area contributed by atoms with E-state index in [1.807, 2.05) is 31.2 Å². The molecular weight excluding hydrogens is 216 g/mol.